The molecule has 0 aliphatic rings. The molecule has 0 aliphatic heterocycles. The molecule has 0 saturated heterocycles. The summed E-state index contributed by atoms with van der Waals surface area (Å²) in [5, 5.41) is 5.34. The molecule has 2 N–H and O–H groups in total. The van der Waals surface area contributed by atoms with Crippen LogP contribution in [0.1, 0.15) is 77.2 Å². The number of amides is 2. The molecule has 4 heteroatoms. The van der Waals surface area contributed by atoms with Crippen molar-refractivity contribution in [1.29, 1.82) is 0 Å². The van der Waals surface area contributed by atoms with Crippen molar-refractivity contribution in [2.24, 2.45) is 0 Å². The fourth-order valence-corrected chi connectivity index (χ4v) is 2.69. The highest BCUT2D eigenvalue weighted by Gasteiger charge is 2.12. The van der Waals surface area contributed by atoms with E-state index < -0.39 is 11.8 Å². The van der Waals surface area contributed by atoms with Crippen LogP contribution in [0.3, 0.4) is 0 Å². The predicted octanol–water partition coefficient (Wildman–Crippen LogP) is 4.83. The minimum absolute atomic E-state index is 0.555. The van der Waals surface area contributed by atoms with Crippen molar-refractivity contribution in [2.45, 2.75) is 78.1 Å². The van der Waals surface area contributed by atoms with E-state index in [9.17, 15) is 9.59 Å². The van der Waals surface area contributed by atoms with Gasteiger partial charge in [0.1, 0.15) is 0 Å². The SMILES string of the molecule is CCCCCCCCCNC(=O)C(=O)Nc1ccc(CCCC)cc1. The van der Waals surface area contributed by atoms with Crippen molar-refractivity contribution in [1.82, 2.24) is 5.32 Å². The van der Waals surface area contributed by atoms with Crippen LogP contribution in [0.4, 0.5) is 5.69 Å². The molecule has 140 valence electrons. The van der Waals surface area contributed by atoms with E-state index in [-0.39, 0.29) is 0 Å². The largest absolute Gasteiger partial charge is 0.348 e. The third kappa shape index (κ3) is 9.90. The summed E-state index contributed by atoms with van der Waals surface area (Å²) in [6.07, 6.45) is 11.7. The third-order valence-corrected chi connectivity index (χ3v) is 4.30. The fourth-order valence-electron chi connectivity index (χ4n) is 2.69. The van der Waals surface area contributed by atoms with Gasteiger partial charge in [0.2, 0.25) is 0 Å². The first-order valence-corrected chi connectivity index (χ1v) is 9.85. The average Bonchev–Trinajstić information content (AvgIpc) is 2.63. The molecule has 1 rings (SSSR count). The highest BCUT2D eigenvalue weighted by molar-refractivity contribution is 6.39. The van der Waals surface area contributed by atoms with Gasteiger partial charge >= 0.3 is 11.8 Å². The molecule has 0 aliphatic carbocycles. The van der Waals surface area contributed by atoms with Crippen molar-refractivity contribution >= 4 is 17.5 Å². The van der Waals surface area contributed by atoms with Crippen molar-refractivity contribution in [3.63, 3.8) is 0 Å². The number of carbonyl (C=O) groups excluding carboxylic acids is 2. The summed E-state index contributed by atoms with van der Waals surface area (Å²) in [4.78, 5) is 23.7. The Bertz CT molecular complexity index is 497. The Morgan fingerprint density at radius 3 is 2.00 bits per heavy atom. The first-order chi connectivity index (χ1) is 12.2. The van der Waals surface area contributed by atoms with Gasteiger partial charge < -0.3 is 10.6 Å². The molecule has 0 fully saturated rings. The highest BCUT2D eigenvalue weighted by Crippen LogP contribution is 2.11. The minimum atomic E-state index is -0.593. The molecule has 1 aromatic carbocycles. The van der Waals surface area contributed by atoms with E-state index in [1.165, 1.54) is 37.7 Å². The summed E-state index contributed by atoms with van der Waals surface area (Å²) >= 11 is 0. The topological polar surface area (TPSA) is 58.2 Å². The van der Waals surface area contributed by atoms with Gasteiger partial charge in [-0.15, -0.1) is 0 Å². The molecule has 2 amide bonds. The molecule has 0 atom stereocenters. The molecule has 0 saturated carbocycles. The second-order valence-corrected chi connectivity index (χ2v) is 6.63. The molecule has 0 bridgehead atoms. The maximum atomic E-state index is 11.9. The lowest BCUT2D eigenvalue weighted by Crippen LogP contribution is -2.35. The Kier molecular flexibility index (Phi) is 11.4. The van der Waals surface area contributed by atoms with Gasteiger partial charge in [-0.1, -0.05) is 70.9 Å². The maximum absolute atomic E-state index is 11.9. The van der Waals surface area contributed by atoms with Crippen LogP contribution in [0.2, 0.25) is 0 Å². The van der Waals surface area contributed by atoms with Crippen LogP contribution >= 0.6 is 0 Å². The lowest BCUT2D eigenvalue weighted by molar-refractivity contribution is -0.136. The Balaban J connectivity index is 2.18. The summed E-state index contributed by atoms with van der Waals surface area (Å²) in [6, 6.07) is 7.71. The lowest BCUT2D eigenvalue weighted by atomic mass is 10.1. The molecule has 25 heavy (non-hydrogen) atoms. The van der Waals surface area contributed by atoms with Crippen LogP contribution in [-0.4, -0.2) is 18.4 Å². The third-order valence-electron chi connectivity index (χ3n) is 4.30. The first kappa shape index (κ1) is 21.2. The highest BCUT2D eigenvalue weighted by atomic mass is 16.2. The lowest BCUT2D eigenvalue weighted by Gasteiger charge is -2.07. The van der Waals surface area contributed by atoms with Gasteiger partial charge in [-0.2, -0.15) is 0 Å². The quantitative estimate of drug-likeness (QED) is 0.420. The smallest absolute Gasteiger partial charge is 0.313 e. The van der Waals surface area contributed by atoms with Gasteiger partial charge in [-0.25, -0.2) is 0 Å². The molecule has 0 unspecified atom stereocenters. The van der Waals surface area contributed by atoms with E-state index in [0.717, 1.165) is 32.1 Å². The molecular formula is C21H34N2O2. The second-order valence-electron chi connectivity index (χ2n) is 6.63. The summed E-state index contributed by atoms with van der Waals surface area (Å²) in [5.74, 6) is -1.15. The van der Waals surface area contributed by atoms with E-state index in [0.29, 0.717) is 12.2 Å². The summed E-state index contributed by atoms with van der Waals surface area (Å²) < 4.78 is 0. The molecule has 0 heterocycles. The van der Waals surface area contributed by atoms with Gasteiger partial charge in [0.05, 0.1) is 0 Å². The van der Waals surface area contributed by atoms with Crippen LogP contribution in [0.15, 0.2) is 24.3 Å². The summed E-state index contributed by atoms with van der Waals surface area (Å²) in [5.41, 5.74) is 1.92. The normalized spacial score (nSPS) is 10.5. The van der Waals surface area contributed by atoms with Crippen LogP contribution in [0.5, 0.6) is 0 Å². The molecule has 1 aromatic rings. The van der Waals surface area contributed by atoms with Crippen molar-refractivity contribution < 1.29 is 9.59 Å². The number of aryl methyl sites for hydroxylation is 1. The van der Waals surface area contributed by atoms with E-state index >= 15 is 0 Å². The van der Waals surface area contributed by atoms with Gasteiger partial charge in [0, 0.05) is 12.2 Å². The Morgan fingerprint density at radius 2 is 1.36 bits per heavy atom. The Morgan fingerprint density at radius 1 is 0.760 bits per heavy atom. The second kappa shape index (κ2) is 13.5. The zero-order valence-electron chi connectivity index (χ0n) is 15.9. The van der Waals surface area contributed by atoms with Crippen LogP contribution < -0.4 is 10.6 Å². The zero-order chi connectivity index (χ0) is 18.3. The predicted molar refractivity (Wildman–Crippen MR) is 105 cm³/mol. The number of hydrogen-bond donors (Lipinski definition) is 2. The standard InChI is InChI=1S/C21H34N2O2/c1-3-5-7-8-9-10-11-17-22-20(24)21(25)23-19-15-13-18(14-16-19)12-6-4-2/h13-16H,3-12,17H2,1-2H3,(H,22,24)(H,23,25). The number of hydrogen-bond acceptors (Lipinski definition) is 2. The monoisotopic (exact) mass is 346 g/mol. The Labute approximate surface area is 152 Å². The number of unbranched alkanes of at least 4 members (excludes halogenated alkanes) is 7. The number of benzene rings is 1. The zero-order valence-corrected chi connectivity index (χ0v) is 15.9. The number of rotatable bonds is 12. The van der Waals surface area contributed by atoms with Crippen LogP contribution in [0, 0.1) is 0 Å². The number of nitrogens with one attached hydrogen (secondary N) is 2. The summed E-state index contributed by atoms with van der Waals surface area (Å²) in [6.45, 7) is 4.94. The maximum Gasteiger partial charge on any atom is 0.313 e. The minimum Gasteiger partial charge on any atom is -0.348 e. The average molecular weight is 347 g/mol. The van der Waals surface area contributed by atoms with E-state index in [4.69, 9.17) is 0 Å². The van der Waals surface area contributed by atoms with Crippen molar-refractivity contribution in [3.8, 4) is 0 Å². The molecule has 0 spiro atoms. The molecule has 0 aromatic heterocycles. The number of anilines is 1. The summed E-state index contributed by atoms with van der Waals surface area (Å²) in [7, 11) is 0. The molecule has 4 nitrogen and oxygen atoms in total. The van der Waals surface area contributed by atoms with E-state index in [2.05, 4.69) is 24.5 Å². The molecular weight excluding hydrogens is 312 g/mol. The van der Waals surface area contributed by atoms with Crippen molar-refractivity contribution in [3.05, 3.63) is 29.8 Å². The Hall–Kier alpha value is -1.84. The van der Waals surface area contributed by atoms with E-state index in [1.54, 1.807) is 0 Å². The fraction of sp³-hybridized carbons (Fsp3) is 0.619. The van der Waals surface area contributed by atoms with Gasteiger partial charge in [0.25, 0.3) is 0 Å². The van der Waals surface area contributed by atoms with E-state index in [1.807, 2.05) is 24.3 Å². The van der Waals surface area contributed by atoms with Crippen LogP contribution in [-0.2, 0) is 16.0 Å². The molecule has 0 radical (unpaired) electrons. The first-order valence-electron chi connectivity index (χ1n) is 9.85. The van der Waals surface area contributed by atoms with Crippen LogP contribution in [0.25, 0.3) is 0 Å². The van der Waals surface area contributed by atoms with Gasteiger partial charge in [-0.3, -0.25) is 9.59 Å². The van der Waals surface area contributed by atoms with Gasteiger partial charge in [0.15, 0.2) is 0 Å². The number of carbonyl (C=O) groups is 2. The van der Waals surface area contributed by atoms with Gasteiger partial charge in [-0.05, 0) is 37.0 Å². The van der Waals surface area contributed by atoms with Crippen molar-refractivity contribution in [2.75, 3.05) is 11.9 Å².